The summed E-state index contributed by atoms with van der Waals surface area (Å²) in [5.41, 5.74) is 29.9. The van der Waals surface area contributed by atoms with Crippen LogP contribution in [-0.2, 0) is 48.7 Å². The third-order valence-electron chi connectivity index (χ3n) is 20.3. The maximum Gasteiger partial charge on any atom is 0.252 e. The van der Waals surface area contributed by atoms with Gasteiger partial charge in [-0.3, -0.25) is 0 Å². The van der Waals surface area contributed by atoms with Crippen LogP contribution >= 0.6 is 0 Å². The van der Waals surface area contributed by atoms with E-state index in [1.54, 1.807) is 0 Å². The molecular weight excluding hydrogens is 880 g/mol. The molecule has 3 heteroatoms. The minimum atomic E-state index is -0.163. The minimum absolute atomic E-state index is 0.0273. The normalized spacial score (nSPS) is 21.3. The molecule has 0 aromatic heterocycles. The number of hydrogen-bond donors (Lipinski definition) is 0. The Morgan fingerprint density at radius 3 is 1.42 bits per heavy atom. The molecule has 378 valence electrons. The fourth-order valence-electron chi connectivity index (χ4n) is 15.6. The topological polar surface area (TPSA) is 6.48 Å². The van der Waals surface area contributed by atoms with Gasteiger partial charge in [-0.25, -0.2) is 0 Å². The number of hydrogen-bond acceptors (Lipinski definition) is 2. The van der Waals surface area contributed by atoms with Gasteiger partial charge in [-0.15, -0.1) is 0 Å². The largest absolute Gasteiger partial charge is 0.311 e. The van der Waals surface area contributed by atoms with Gasteiger partial charge < -0.3 is 9.80 Å². The monoisotopic (exact) mass is 965 g/mol. The SMILES string of the molecule is CC(C)(C)c1cc2c3c(c1)N(c1cccc4c1-c1ccc(C(C)(C)C)cc1C4(C)C)c1cc4c(cc1B3c1cc3c(cc1N2c1ccc2c(c1)C(C)(C)CCC2(C)C)C(C)(C)CCC3(C)C)C(C)(C)CC4(C)C. The molecule has 73 heavy (non-hydrogen) atoms. The molecule has 2 nitrogen and oxygen atoms in total. The van der Waals surface area contributed by atoms with Crippen LogP contribution in [0.15, 0.2) is 91.0 Å². The Morgan fingerprint density at radius 2 is 0.863 bits per heavy atom. The second-order valence-corrected chi connectivity index (χ2v) is 30.7. The highest BCUT2D eigenvalue weighted by molar-refractivity contribution is 7.00. The second kappa shape index (κ2) is 14.7. The van der Waals surface area contributed by atoms with Gasteiger partial charge in [-0.2, -0.15) is 0 Å². The molecule has 6 aromatic carbocycles. The van der Waals surface area contributed by atoms with Crippen molar-refractivity contribution in [3.05, 3.63) is 147 Å². The molecule has 0 saturated heterocycles. The van der Waals surface area contributed by atoms with E-state index in [4.69, 9.17) is 0 Å². The number of rotatable bonds is 2. The van der Waals surface area contributed by atoms with Gasteiger partial charge in [0, 0.05) is 39.4 Å². The summed E-state index contributed by atoms with van der Waals surface area (Å²) < 4.78 is 0. The zero-order valence-corrected chi connectivity index (χ0v) is 48.7. The number of fused-ring (bicyclic) bond motifs is 10. The summed E-state index contributed by atoms with van der Waals surface area (Å²) in [4.78, 5) is 5.55. The van der Waals surface area contributed by atoms with Crippen molar-refractivity contribution < 1.29 is 0 Å². The van der Waals surface area contributed by atoms with Gasteiger partial charge >= 0.3 is 0 Å². The highest BCUT2D eigenvalue weighted by atomic mass is 15.2. The van der Waals surface area contributed by atoms with Crippen molar-refractivity contribution >= 4 is 57.2 Å². The average molecular weight is 965 g/mol. The fraction of sp³-hybridized carbons (Fsp3) is 0.486. The molecule has 6 aromatic rings. The molecule has 2 heterocycles. The van der Waals surface area contributed by atoms with E-state index in [1.807, 2.05) is 0 Å². The van der Waals surface area contributed by atoms with Crippen molar-refractivity contribution in [3.63, 3.8) is 0 Å². The summed E-state index contributed by atoms with van der Waals surface area (Å²) in [5, 5.41) is 0. The molecule has 0 saturated carbocycles. The smallest absolute Gasteiger partial charge is 0.252 e. The average Bonchev–Trinajstić information content (AvgIpc) is 3.64. The summed E-state index contributed by atoms with van der Waals surface area (Å²) >= 11 is 0. The predicted molar refractivity (Wildman–Crippen MR) is 317 cm³/mol. The van der Waals surface area contributed by atoms with Crippen molar-refractivity contribution in [3.8, 4) is 11.1 Å². The van der Waals surface area contributed by atoms with Gasteiger partial charge in [0.05, 0.1) is 5.69 Å². The van der Waals surface area contributed by atoms with Crippen LogP contribution in [0.25, 0.3) is 11.1 Å². The van der Waals surface area contributed by atoms with Crippen LogP contribution in [0.3, 0.4) is 0 Å². The summed E-state index contributed by atoms with van der Waals surface area (Å²) in [7, 11) is 0. The van der Waals surface area contributed by atoms with E-state index >= 15 is 0 Å². The Labute approximate surface area is 441 Å². The molecule has 2 aliphatic heterocycles. The highest BCUT2D eigenvalue weighted by Crippen LogP contribution is 2.59. The lowest BCUT2D eigenvalue weighted by molar-refractivity contribution is 0.332. The Morgan fingerprint density at radius 1 is 0.384 bits per heavy atom. The highest BCUT2D eigenvalue weighted by Gasteiger charge is 2.51. The first-order valence-electron chi connectivity index (χ1n) is 28.3. The van der Waals surface area contributed by atoms with E-state index in [1.165, 1.54) is 143 Å². The maximum absolute atomic E-state index is 2.79. The standard InChI is InChI=1S/C70H85BN2/c1-62(2,3)41-24-26-44-47(32-41)70(19,20)46-22-21-23-55(60(44)46)73-57-39-52-50(68(15,16)40-69(52,17)18)37-54(57)71-53-36-49-51(67(13,14)31-30-66(49,11)12)38-56(53)72(58-33-42(63(4,5)6)34-59(73)61(58)71)43-25-27-45-48(35-43)65(9,10)29-28-64(45,7)8/h21-27,32-39H,28-31,40H2,1-20H3. The number of anilines is 6. The van der Waals surface area contributed by atoms with Gasteiger partial charge in [0.2, 0.25) is 0 Å². The van der Waals surface area contributed by atoms with Crippen molar-refractivity contribution in [2.75, 3.05) is 9.80 Å². The van der Waals surface area contributed by atoms with Crippen LogP contribution in [0.1, 0.15) is 226 Å². The lowest BCUT2D eigenvalue weighted by atomic mass is 9.32. The van der Waals surface area contributed by atoms with Gasteiger partial charge in [0.15, 0.2) is 0 Å². The third kappa shape index (κ3) is 6.87. The Balaban J connectivity index is 1.24. The summed E-state index contributed by atoms with van der Waals surface area (Å²) in [6.07, 6.45) is 5.87. The molecule has 0 amide bonds. The molecule has 0 N–H and O–H groups in total. The molecule has 0 radical (unpaired) electrons. The van der Waals surface area contributed by atoms with E-state index in [0.717, 1.165) is 6.42 Å². The van der Waals surface area contributed by atoms with E-state index in [9.17, 15) is 0 Å². The van der Waals surface area contributed by atoms with Crippen LogP contribution in [0.4, 0.5) is 34.1 Å². The van der Waals surface area contributed by atoms with E-state index in [-0.39, 0.29) is 55.4 Å². The van der Waals surface area contributed by atoms with E-state index in [2.05, 4.69) is 239 Å². The number of nitrogens with zero attached hydrogens (tertiary/aromatic N) is 2. The quantitative estimate of drug-likeness (QED) is 0.159. The lowest BCUT2D eigenvalue weighted by Gasteiger charge is -2.48. The Bertz CT molecular complexity index is 3390. The lowest BCUT2D eigenvalue weighted by Crippen LogP contribution is -2.62. The van der Waals surface area contributed by atoms with E-state index < -0.39 is 0 Å². The van der Waals surface area contributed by atoms with Crippen LogP contribution in [0.5, 0.6) is 0 Å². The first-order valence-corrected chi connectivity index (χ1v) is 28.3. The summed E-state index contributed by atoms with van der Waals surface area (Å²) in [6.45, 7) is 49.3. The van der Waals surface area contributed by atoms with Crippen LogP contribution in [-0.4, -0.2) is 6.71 Å². The van der Waals surface area contributed by atoms with Crippen molar-refractivity contribution in [1.29, 1.82) is 0 Å². The fourth-order valence-corrected chi connectivity index (χ4v) is 15.6. The van der Waals surface area contributed by atoms with Gasteiger partial charge in [0.25, 0.3) is 6.71 Å². The molecule has 12 rings (SSSR count). The first kappa shape index (κ1) is 48.9. The summed E-state index contributed by atoms with van der Waals surface area (Å²) in [6, 6.07) is 38.5. The predicted octanol–water partition coefficient (Wildman–Crippen LogP) is 17.3. The van der Waals surface area contributed by atoms with Crippen molar-refractivity contribution in [2.24, 2.45) is 0 Å². The molecule has 0 bridgehead atoms. The Kier molecular flexibility index (Phi) is 9.83. The first-order chi connectivity index (χ1) is 33.7. The molecule has 0 unspecified atom stereocenters. The molecule has 4 aliphatic carbocycles. The van der Waals surface area contributed by atoms with Crippen LogP contribution in [0, 0.1) is 0 Å². The molecule has 0 fully saturated rings. The third-order valence-corrected chi connectivity index (χ3v) is 20.3. The van der Waals surface area contributed by atoms with Crippen LogP contribution in [0.2, 0.25) is 0 Å². The zero-order valence-electron chi connectivity index (χ0n) is 48.7. The van der Waals surface area contributed by atoms with Gasteiger partial charge in [0.1, 0.15) is 0 Å². The zero-order chi connectivity index (χ0) is 52.5. The van der Waals surface area contributed by atoms with Crippen LogP contribution < -0.4 is 26.2 Å². The molecule has 6 aliphatic rings. The van der Waals surface area contributed by atoms with Gasteiger partial charge in [-0.05, 0) is 195 Å². The Hall–Kier alpha value is -5.02. The van der Waals surface area contributed by atoms with E-state index in [0.29, 0.717) is 0 Å². The molecule has 0 atom stereocenters. The van der Waals surface area contributed by atoms with Crippen molar-refractivity contribution in [1.82, 2.24) is 0 Å². The molecule has 0 spiro atoms. The van der Waals surface area contributed by atoms with Crippen molar-refractivity contribution in [2.45, 2.75) is 219 Å². The number of benzene rings is 6. The summed E-state index contributed by atoms with van der Waals surface area (Å²) in [5.74, 6) is 0. The van der Waals surface area contributed by atoms with Gasteiger partial charge in [-0.1, -0.05) is 187 Å². The maximum atomic E-state index is 2.79. The molecular formula is C70H85BN2. The minimum Gasteiger partial charge on any atom is -0.311 e. The second-order valence-electron chi connectivity index (χ2n) is 30.7.